The smallest absolute Gasteiger partial charge is 0.306 e. The normalized spacial score (nSPS) is 12.8. The lowest BCUT2D eigenvalue weighted by atomic mass is 10.0. The van der Waals surface area contributed by atoms with Crippen molar-refractivity contribution in [2.24, 2.45) is 0 Å². The zero-order valence-corrected chi connectivity index (χ0v) is 49.7. The van der Waals surface area contributed by atoms with Crippen LogP contribution >= 0.6 is 0 Å². The number of carbonyl (C=O) groups excluding carboxylic acids is 3. The molecule has 1 atom stereocenters. The van der Waals surface area contributed by atoms with E-state index in [4.69, 9.17) is 14.2 Å². The largest absolute Gasteiger partial charge is 0.462 e. The van der Waals surface area contributed by atoms with E-state index in [1.54, 1.807) is 0 Å². The van der Waals surface area contributed by atoms with Gasteiger partial charge in [0.05, 0.1) is 0 Å². The van der Waals surface area contributed by atoms with E-state index in [1.807, 2.05) is 0 Å². The summed E-state index contributed by atoms with van der Waals surface area (Å²) in [5, 5.41) is 0. The van der Waals surface area contributed by atoms with Crippen LogP contribution in [0.3, 0.4) is 0 Å². The molecule has 76 heavy (non-hydrogen) atoms. The van der Waals surface area contributed by atoms with Crippen molar-refractivity contribution in [1.29, 1.82) is 0 Å². The van der Waals surface area contributed by atoms with E-state index in [1.165, 1.54) is 116 Å². The molecular weight excluding hydrogens is 937 g/mol. The molecule has 0 rings (SSSR count). The fourth-order valence-corrected chi connectivity index (χ4v) is 8.81. The van der Waals surface area contributed by atoms with E-state index >= 15 is 0 Å². The number of rotatable bonds is 57. The van der Waals surface area contributed by atoms with Crippen molar-refractivity contribution < 1.29 is 28.6 Å². The van der Waals surface area contributed by atoms with Crippen LogP contribution in [-0.4, -0.2) is 37.2 Å². The molecule has 0 aromatic heterocycles. The van der Waals surface area contributed by atoms with Gasteiger partial charge in [-0.15, -0.1) is 0 Å². The summed E-state index contributed by atoms with van der Waals surface area (Å²) in [5.41, 5.74) is 0. The lowest BCUT2D eigenvalue weighted by Gasteiger charge is -2.18. The van der Waals surface area contributed by atoms with Crippen molar-refractivity contribution in [2.45, 2.75) is 303 Å². The Morgan fingerprint density at radius 2 is 0.513 bits per heavy atom. The van der Waals surface area contributed by atoms with Gasteiger partial charge in [-0.1, -0.05) is 284 Å². The van der Waals surface area contributed by atoms with Crippen LogP contribution in [-0.2, 0) is 28.6 Å². The Kier molecular flexibility index (Phi) is 60.3. The van der Waals surface area contributed by atoms with Gasteiger partial charge in [-0.2, -0.15) is 0 Å². The van der Waals surface area contributed by atoms with Crippen molar-refractivity contribution in [2.75, 3.05) is 13.2 Å². The third-order valence-corrected chi connectivity index (χ3v) is 13.5. The zero-order valence-electron chi connectivity index (χ0n) is 49.7. The van der Waals surface area contributed by atoms with Crippen molar-refractivity contribution in [3.05, 3.63) is 109 Å². The van der Waals surface area contributed by atoms with Crippen LogP contribution in [0.5, 0.6) is 0 Å². The van der Waals surface area contributed by atoms with Crippen LogP contribution in [0.2, 0.25) is 0 Å². The van der Waals surface area contributed by atoms with E-state index in [-0.39, 0.29) is 31.1 Å². The topological polar surface area (TPSA) is 78.9 Å². The maximum Gasteiger partial charge on any atom is 0.306 e. The van der Waals surface area contributed by atoms with Crippen molar-refractivity contribution >= 4 is 17.9 Å². The van der Waals surface area contributed by atoms with Crippen molar-refractivity contribution in [3.8, 4) is 0 Å². The van der Waals surface area contributed by atoms with Gasteiger partial charge in [-0.05, 0) is 103 Å². The van der Waals surface area contributed by atoms with Gasteiger partial charge < -0.3 is 14.2 Å². The third kappa shape index (κ3) is 60.9. The second-order valence-electron chi connectivity index (χ2n) is 20.9. The molecule has 0 N–H and O–H groups in total. The predicted molar refractivity (Wildman–Crippen MR) is 330 cm³/mol. The molecule has 0 fully saturated rings. The quantitative estimate of drug-likeness (QED) is 0.0261. The number of unbranched alkanes of at least 4 members (excludes halogenated alkanes) is 28. The first-order valence-electron chi connectivity index (χ1n) is 31.9. The summed E-state index contributed by atoms with van der Waals surface area (Å²) in [6.07, 6.45) is 86.6. The van der Waals surface area contributed by atoms with Crippen LogP contribution in [0.15, 0.2) is 109 Å². The number of hydrogen-bond donors (Lipinski definition) is 0. The van der Waals surface area contributed by atoms with E-state index in [0.717, 1.165) is 141 Å². The van der Waals surface area contributed by atoms with Crippen molar-refractivity contribution in [3.63, 3.8) is 0 Å². The first kappa shape index (κ1) is 72.1. The SMILES string of the molecule is CC/C=C\C/C=C\C/C=C\C/C=C\C/C=C\C/C=C\CCCCCCCCCCC(=O)OCC(COC(=O)CCCCCCC/C=C\C/C=C\C/C=C\CC)OC(=O)CCCCCCCCCCCCCCCCCC. The Balaban J connectivity index is 4.35. The van der Waals surface area contributed by atoms with Gasteiger partial charge in [-0.3, -0.25) is 14.4 Å². The molecule has 0 spiro atoms. The second-order valence-corrected chi connectivity index (χ2v) is 20.9. The molecule has 0 aromatic rings. The Labute approximate surface area is 470 Å². The Morgan fingerprint density at radius 1 is 0.276 bits per heavy atom. The minimum absolute atomic E-state index is 0.0869. The number of esters is 3. The van der Waals surface area contributed by atoms with Crippen LogP contribution in [0.1, 0.15) is 297 Å². The first-order chi connectivity index (χ1) is 37.5. The number of hydrogen-bond acceptors (Lipinski definition) is 6. The maximum atomic E-state index is 12.9. The van der Waals surface area contributed by atoms with Gasteiger partial charge in [0.25, 0.3) is 0 Å². The molecule has 0 saturated carbocycles. The summed E-state index contributed by atoms with van der Waals surface area (Å²) in [7, 11) is 0. The molecule has 6 nitrogen and oxygen atoms in total. The number of ether oxygens (including phenoxy) is 3. The highest BCUT2D eigenvalue weighted by Crippen LogP contribution is 2.16. The maximum absolute atomic E-state index is 12.9. The lowest BCUT2D eigenvalue weighted by Crippen LogP contribution is -2.30. The zero-order chi connectivity index (χ0) is 55.0. The average Bonchev–Trinajstić information content (AvgIpc) is 3.42. The lowest BCUT2D eigenvalue weighted by molar-refractivity contribution is -0.167. The molecule has 1 unspecified atom stereocenters. The summed E-state index contributed by atoms with van der Waals surface area (Å²) < 4.78 is 16.9. The molecule has 0 heterocycles. The van der Waals surface area contributed by atoms with E-state index in [9.17, 15) is 14.4 Å². The number of allylic oxidation sites excluding steroid dienone is 18. The van der Waals surface area contributed by atoms with Crippen LogP contribution < -0.4 is 0 Å². The fraction of sp³-hybridized carbons (Fsp3) is 0.700. The molecule has 0 aromatic carbocycles. The molecule has 0 aliphatic carbocycles. The van der Waals surface area contributed by atoms with Gasteiger partial charge >= 0.3 is 17.9 Å². The Bertz CT molecular complexity index is 1540. The molecule has 0 saturated heterocycles. The molecule has 0 aliphatic rings. The van der Waals surface area contributed by atoms with Gasteiger partial charge in [0.2, 0.25) is 0 Å². The van der Waals surface area contributed by atoms with Gasteiger partial charge in [-0.25, -0.2) is 0 Å². The third-order valence-electron chi connectivity index (χ3n) is 13.5. The minimum Gasteiger partial charge on any atom is -0.462 e. The van der Waals surface area contributed by atoms with Crippen LogP contribution in [0.25, 0.3) is 0 Å². The monoisotopic (exact) mass is 1050 g/mol. The summed E-state index contributed by atoms with van der Waals surface area (Å²) >= 11 is 0. The Morgan fingerprint density at radius 3 is 0.803 bits per heavy atom. The highest BCUT2D eigenvalue weighted by Gasteiger charge is 2.19. The fourth-order valence-electron chi connectivity index (χ4n) is 8.81. The van der Waals surface area contributed by atoms with Crippen molar-refractivity contribution in [1.82, 2.24) is 0 Å². The minimum atomic E-state index is -0.790. The molecule has 0 aliphatic heterocycles. The van der Waals surface area contributed by atoms with Gasteiger partial charge in [0, 0.05) is 19.3 Å². The summed E-state index contributed by atoms with van der Waals surface area (Å²) in [4.78, 5) is 38.3. The molecule has 434 valence electrons. The highest BCUT2D eigenvalue weighted by molar-refractivity contribution is 5.71. The standard InChI is InChI=1S/C70H118O6/c1-4-7-10-13-16-19-22-25-28-30-31-32-33-34-35-36-37-38-39-40-43-45-48-51-54-57-60-63-69(72)75-66-67(65-74-68(71)62-59-56-53-50-47-44-41-27-24-21-18-15-12-9-6-3)76-70(73)64-61-58-55-52-49-46-42-29-26-23-20-17-14-11-8-5-2/h7,9-10,12,16,18-19,21,25,27-28,31-32,34-35,37-38,41,67H,4-6,8,11,13-15,17,20,22-24,26,29-30,33,36,39-40,42-66H2,1-3H3/b10-7-,12-9-,19-16-,21-18-,28-25-,32-31-,35-34-,38-37-,41-27-. The highest BCUT2D eigenvalue weighted by atomic mass is 16.6. The van der Waals surface area contributed by atoms with E-state index in [2.05, 4.69) is 130 Å². The molecule has 0 amide bonds. The van der Waals surface area contributed by atoms with E-state index < -0.39 is 6.10 Å². The van der Waals surface area contributed by atoms with Gasteiger partial charge in [0.1, 0.15) is 13.2 Å². The van der Waals surface area contributed by atoms with Crippen LogP contribution in [0, 0.1) is 0 Å². The van der Waals surface area contributed by atoms with Crippen LogP contribution in [0.4, 0.5) is 0 Å². The van der Waals surface area contributed by atoms with E-state index in [0.29, 0.717) is 19.3 Å². The molecule has 0 bridgehead atoms. The predicted octanol–water partition coefficient (Wildman–Crippen LogP) is 21.8. The Hall–Kier alpha value is -3.93. The summed E-state index contributed by atoms with van der Waals surface area (Å²) in [6, 6.07) is 0. The molecule has 0 radical (unpaired) electrons. The number of carbonyl (C=O) groups is 3. The van der Waals surface area contributed by atoms with Gasteiger partial charge in [0.15, 0.2) is 6.10 Å². The molecule has 6 heteroatoms. The first-order valence-corrected chi connectivity index (χ1v) is 31.9. The summed E-state index contributed by atoms with van der Waals surface area (Å²) in [6.45, 7) is 6.42. The average molecular weight is 1060 g/mol. The second kappa shape index (κ2) is 63.6. The molecular formula is C70H118O6. The summed E-state index contributed by atoms with van der Waals surface area (Å²) in [5.74, 6) is -0.902.